The third kappa shape index (κ3) is 5.69. The number of nitrogens with zero attached hydrogens (tertiary/aromatic N) is 6. The van der Waals surface area contributed by atoms with E-state index in [-0.39, 0.29) is 0 Å². The molecule has 8 heteroatoms. The van der Waals surface area contributed by atoms with Crippen molar-refractivity contribution in [2.45, 2.75) is 0 Å². The van der Waals surface area contributed by atoms with Gasteiger partial charge < -0.3 is 8.98 Å². The second-order valence-corrected chi connectivity index (χ2v) is 16.6. The van der Waals surface area contributed by atoms with Crippen LogP contribution in [0.3, 0.4) is 0 Å². The predicted molar refractivity (Wildman–Crippen MR) is 257 cm³/mol. The number of hydrogen-bond acceptors (Lipinski definition) is 7. The lowest BCUT2D eigenvalue weighted by Gasteiger charge is -2.10. The van der Waals surface area contributed by atoms with Gasteiger partial charge in [0, 0.05) is 69.8 Å². The van der Waals surface area contributed by atoms with Crippen LogP contribution in [0.4, 0.5) is 0 Å². The van der Waals surface area contributed by atoms with Gasteiger partial charge in [-0.3, -0.25) is 0 Å². The minimum atomic E-state index is 0.607. The molecular formula is C55H32N6OS. The van der Waals surface area contributed by atoms with Crippen molar-refractivity contribution in [3.63, 3.8) is 0 Å². The number of benzene rings is 8. The molecule has 0 saturated carbocycles. The van der Waals surface area contributed by atoms with E-state index in [2.05, 4.69) is 144 Å². The molecule has 0 amide bonds. The van der Waals surface area contributed by atoms with Crippen LogP contribution in [0.5, 0.6) is 0 Å². The normalized spacial score (nSPS) is 11.8. The summed E-state index contributed by atoms with van der Waals surface area (Å²) in [5.74, 6) is 2.47. The monoisotopic (exact) mass is 824 g/mol. The Hall–Kier alpha value is -8.33. The number of para-hydroxylation sites is 3. The van der Waals surface area contributed by atoms with E-state index in [1.807, 2.05) is 54.6 Å². The van der Waals surface area contributed by atoms with Gasteiger partial charge in [0.1, 0.15) is 16.8 Å². The van der Waals surface area contributed by atoms with Crippen LogP contribution in [0.25, 0.3) is 127 Å². The van der Waals surface area contributed by atoms with Crippen LogP contribution in [0.15, 0.2) is 199 Å². The van der Waals surface area contributed by atoms with E-state index in [1.54, 1.807) is 11.3 Å². The van der Waals surface area contributed by atoms with Crippen LogP contribution >= 0.6 is 11.3 Å². The molecule has 0 bridgehead atoms. The number of hydrogen-bond donors (Lipinski definition) is 0. The highest BCUT2D eigenvalue weighted by Crippen LogP contribution is 2.45. The maximum atomic E-state index is 6.43. The van der Waals surface area contributed by atoms with E-state index in [0.717, 1.165) is 92.3 Å². The summed E-state index contributed by atoms with van der Waals surface area (Å²) in [5.41, 5.74) is 11.1. The average Bonchev–Trinajstić information content (AvgIpc) is 4.04. The lowest BCUT2D eigenvalue weighted by atomic mass is 10.0. The summed E-state index contributed by atoms with van der Waals surface area (Å²) in [7, 11) is 0. The lowest BCUT2D eigenvalue weighted by molar-refractivity contribution is 0.667. The zero-order chi connectivity index (χ0) is 41.4. The summed E-state index contributed by atoms with van der Waals surface area (Å²) in [6, 6.07) is 66.8. The highest BCUT2D eigenvalue weighted by Gasteiger charge is 2.23. The van der Waals surface area contributed by atoms with E-state index in [0.29, 0.717) is 28.9 Å². The van der Waals surface area contributed by atoms with E-state index in [4.69, 9.17) is 29.3 Å². The molecule has 13 rings (SSSR count). The first-order chi connectivity index (χ1) is 31.2. The van der Waals surface area contributed by atoms with Gasteiger partial charge in [-0.15, -0.1) is 11.3 Å². The van der Waals surface area contributed by atoms with Crippen molar-refractivity contribution in [3.05, 3.63) is 194 Å². The van der Waals surface area contributed by atoms with Gasteiger partial charge in [-0.25, -0.2) is 24.9 Å². The summed E-state index contributed by atoms with van der Waals surface area (Å²) in [5, 5.41) is 5.42. The Morgan fingerprint density at radius 2 is 1.03 bits per heavy atom. The Morgan fingerprint density at radius 3 is 1.86 bits per heavy atom. The molecule has 0 atom stereocenters. The molecule has 5 aromatic heterocycles. The highest BCUT2D eigenvalue weighted by molar-refractivity contribution is 7.26. The van der Waals surface area contributed by atoms with Gasteiger partial charge in [-0.05, 0) is 60.7 Å². The van der Waals surface area contributed by atoms with E-state index in [1.165, 1.54) is 5.39 Å². The Kier molecular flexibility index (Phi) is 7.94. The summed E-state index contributed by atoms with van der Waals surface area (Å²) in [4.78, 5) is 26.2. The topological polar surface area (TPSA) is 82.5 Å². The highest BCUT2D eigenvalue weighted by atomic mass is 32.1. The standard InChI is InChI=1S/C55H32N6OS/c1-4-16-33(17-5-1)48-50-49(38-23-11-13-28-45(38)62-50)57-55(56-48)41-26-14-24-39-47-40(25-15-29-46(47)63-51(39)41)54-59-52(34-18-6-2-7-19-34)58-53(60-54)35-30-31-44-42(32-35)37-22-10-12-27-43(37)61(44)36-20-8-3-9-21-36/h1-32H. The molecule has 0 saturated heterocycles. The molecule has 0 aliphatic carbocycles. The lowest BCUT2D eigenvalue weighted by Crippen LogP contribution is -2.00. The second kappa shape index (κ2) is 14.1. The predicted octanol–water partition coefficient (Wildman–Crippen LogP) is 14.4. The van der Waals surface area contributed by atoms with E-state index < -0.39 is 0 Å². The van der Waals surface area contributed by atoms with Crippen LogP contribution < -0.4 is 0 Å². The molecule has 0 unspecified atom stereocenters. The third-order valence-electron chi connectivity index (χ3n) is 11.9. The van der Waals surface area contributed by atoms with Gasteiger partial charge in [-0.1, -0.05) is 133 Å². The fourth-order valence-electron chi connectivity index (χ4n) is 9.02. The van der Waals surface area contributed by atoms with Gasteiger partial charge in [0.2, 0.25) is 0 Å². The van der Waals surface area contributed by atoms with Crippen molar-refractivity contribution >= 4 is 75.4 Å². The van der Waals surface area contributed by atoms with Crippen molar-refractivity contribution in [2.24, 2.45) is 0 Å². The molecule has 8 aromatic carbocycles. The van der Waals surface area contributed by atoms with Crippen LogP contribution in [-0.2, 0) is 0 Å². The smallest absolute Gasteiger partial charge is 0.180 e. The SMILES string of the molecule is c1ccc(-c2nc(-c3ccc4c(c3)c3ccccc3n4-c3ccccc3)nc(-c3cccc4sc5c(-c6nc(-c7ccccc7)c7oc8ccccc8c7n6)cccc5c34)n2)cc1. The number of fused-ring (bicyclic) bond motifs is 9. The average molecular weight is 825 g/mol. The summed E-state index contributed by atoms with van der Waals surface area (Å²) in [6.07, 6.45) is 0. The van der Waals surface area contributed by atoms with Gasteiger partial charge >= 0.3 is 0 Å². The minimum Gasteiger partial charge on any atom is -0.452 e. The fraction of sp³-hybridized carbons (Fsp3) is 0. The van der Waals surface area contributed by atoms with Gasteiger partial charge in [-0.2, -0.15) is 0 Å². The summed E-state index contributed by atoms with van der Waals surface area (Å²) < 4.78 is 11.0. The molecule has 0 aliphatic rings. The van der Waals surface area contributed by atoms with Crippen molar-refractivity contribution in [1.82, 2.24) is 29.5 Å². The minimum absolute atomic E-state index is 0.607. The molecule has 63 heavy (non-hydrogen) atoms. The van der Waals surface area contributed by atoms with Crippen LogP contribution in [-0.4, -0.2) is 29.5 Å². The van der Waals surface area contributed by atoms with Crippen LogP contribution in [0.1, 0.15) is 0 Å². The molecule has 0 radical (unpaired) electrons. The van der Waals surface area contributed by atoms with Gasteiger partial charge in [0.15, 0.2) is 28.9 Å². The first-order valence-corrected chi connectivity index (χ1v) is 21.7. The Balaban J connectivity index is 1.01. The van der Waals surface area contributed by atoms with Gasteiger partial charge in [0.05, 0.1) is 11.0 Å². The molecular weight excluding hydrogens is 793 g/mol. The van der Waals surface area contributed by atoms with E-state index >= 15 is 0 Å². The zero-order valence-electron chi connectivity index (χ0n) is 33.5. The fourth-order valence-corrected chi connectivity index (χ4v) is 10.3. The maximum absolute atomic E-state index is 6.43. The molecule has 294 valence electrons. The largest absolute Gasteiger partial charge is 0.452 e. The first-order valence-electron chi connectivity index (χ1n) is 20.8. The van der Waals surface area contributed by atoms with Crippen molar-refractivity contribution < 1.29 is 4.42 Å². The first kappa shape index (κ1) is 35.4. The number of rotatable bonds is 6. The number of aromatic nitrogens is 6. The van der Waals surface area contributed by atoms with Crippen molar-refractivity contribution in [1.29, 1.82) is 0 Å². The number of thiophene rings is 1. The molecule has 5 heterocycles. The third-order valence-corrected chi connectivity index (χ3v) is 13.1. The van der Waals surface area contributed by atoms with Crippen LogP contribution in [0, 0.1) is 0 Å². The molecule has 0 spiro atoms. The second-order valence-electron chi connectivity index (χ2n) is 15.6. The van der Waals surface area contributed by atoms with Crippen molar-refractivity contribution in [3.8, 4) is 62.5 Å². The molecule has 13 aromatic rings. The maximum Gasteiger partial charge on any atom is 0.180 e. The van der Waals surface area contributed by atoms with Gasteiger partial charge in [0.25, 0.3) is 0 Å². The molecule has 7 nitrogen and oxygen atoms in total. The van der Waals surface area contributed by atoms with E-state index in [9.17, 15) is 0 Å². The summed E-state index contributed by atoms with van der Waals surface area (Å²) >= 11 is 1.73. The Bertz CT molecular complexity index is 3910. The van der Waals surface area contributed by atoms with Crippen molar-refractivity contribution in [2.75, 3.05) is 0 Å². The molecule has 0 N–H and O–H groups in total. The summed E-state index contributed by atoms with van der Waals surface area (Å²) in [6.45, 7) is 0. The Morgan fingerprint density at radius 1 is 0.413 bits per heavy atom. The Labute approximate surface area is 364 Å². The number of furan rings is 1. The molecule has 0 fully saturated rings. The zero-order valence-corrected chi connectivity index (χ0v) is 34.3. The molecule has 0 aliphatic heterocycles. The van der Waals surface area contributed by atoms with Crippen LogP contribution in [0.2, 0.25) is 0 Å². The quantitative estimate of drug-likeness (QED) is 0.166.